The maximum absolute atomic E-state index is 12.3. The van der Waals surface area contributed by atoms with Gasteiger partial charge in [-0.15, -0.1) is 0 Å². The van der Waals surface area contributed by atoms with Crippen LogP contribution in [0.3, 0.4) is 0 Å². The van der Waals surface area contributed by atoms with E-state index < -0.39 is 17.9 Å². The molecule has 2 atom stereocenters. The van der Waals surface area contributed by atoms with Crippen molar-refractivity contribution < 1.29 is 24.2 Å². The number of aliphatic hydroxyl groups excluding tert-OH is 1. The van der Waals surface area contributed by atoms with Crippen LogP contribution in [0.25, 0.3) is 0 Å². The van der Waals surface area contributed by atoms with Crippen LogP contribution in [0.15, 0.2) is 18.2 Å². The molecule has 9 nitrogen and oxygen atoms in total. The number of nitrogens with one attached hydrogen (secondary N) is 1. The standard InChI is InChI=1S/C22H30N4O5/c1-22(2,3)31-21(30)25-10-8-24(9-11-25)15-4-5-16-14(12-15)13-26(20(16)29)17-6-7-18(27)23-19(17)28/h4-5,12,17,20,29H,6-11,13H2,1-3H3,(H,23,27,28). The van der Waals surface area contributed by atoms with Crippen LogP contribution in [0, 0.1) is 0 Å². The van der Waals surface area contributed by atoms with Crippen molar-refractivity contribution in [1.82, 2.24) is 15.1 Å². The molecule has 0 aromatic heterocycles. The molecule has 31 heavy (non-hydrogen) atoms. The van der Waals surface area contributed by atoms with Crippen molar-refractivity contribution in [2.75, 3.05) is 31.1 Å². The smallest absolute Gasteiger partial charge is 0.410 e. The van der Waals surface area contributed by atoms with Crippen LogP contribution in [0.5, 0.6) is 0 Å². The van der Waals surface area contributed by atoms with Gasteiger partial charge >= 0.3 is 6.09 Å². The molecule has 3 aliphatic heterocycles. The first-order valence-electron chi connectivity index (χ1n) is 10.8. The molecule has 3 amide bonds. The zero-order chi connectivity index (χ0) is 22.3. The lowest BCUT2D eigenvalue weighted by Gasteiger charge is -2.37. The Morgan fingerprint density at radius 3 is 2.52 bits per heavy atom. The number of nitrogens with zero attached hydrogens (tertiary/aromatic N) is 3. The molecule has 2 fully saturated rings. The maximum Gasteiger partial charge on any atom is 0.410 e. The summed E-state index contributed by atoms with van der Waals surface area (Å²) in [4.78, 5) is 41.6. The van der Waals surface area contributed by atoms with Crippen molar-refractivity contribution in [3.8, 4) is 0 Å². The normalized spacial score (nSPS) is 24.8. The average molecular weight is 431 g/mol. The van der Waals surface area contributed by atoms with Gasteiger partial charge in [-0.3, -0.25) is 19.8 Å². The molecule has 9 heteroatoms. The zero-order valence-corrected chi connectivity index (χ0v) is 18.3. The number of fused-ring (bicyclic) bond motifs is 1. The highest BCUT2D eigenvalue weighted by atomic mass is 16.6. The molecular formula is C22H30N4O5. The van der Waals surface area contributed by atoms with E-state index in [1.807, 2.05) is 39.0 Å². The van der Waals surface area contributed by atoms with Gasteiger partial charge in [-0.1, -0.05) is 6.07 Å². The highest BCUT2D eigenvalue weighted by Gasteiger charge is 2.40. The molecular weight excluding hydrogens is 400 g/mol. The van der Waals surface area contributed by atoms with Gasteiger partial charge in [-0.05, 0) is 44.9 Å². The van der Waals surface area contributed by atoms with Crippen LogP contribution in [-0.2, 0) is 20.9 Å². The summed E-state index contributed by atoms with van der Waals surface area (Å²) in [7, 11) is 0. The number of rotatable bonds is 2. The highest BCUT2D eigenvalue weighted by Crippen LogP contribution is 2.37. The molecule has 1 aromatic carbocycles. The molecule has 3 aliphatic rings. The first kappa shape index (κ1) is 21.6. The zero-order valence-electron chi connectivity index (χ0n) is 18.3. The molecule has 4 rings (SSSR count). The fraction of sp³-hybridized carbons (Fsp3) is 0.591. The minimum Gasteiger partial charge on any atom is -0.444 e. The quantitative estimate of drug-likeness (QED) is 0.683. The van der Waals surface area contributed by atoms with Crippen LogP contribution < -0.4 is 10.2 Å². The van der Waals surface area contributed by atoms with Crippen LogP contribution in [0.2, 0.25) is 0 Å². The molecule has 0 radical (unpaired) electrons. The number of imide groups is 1. The monoisotopic (exact) mass is 430 g/mol. The molecule has 2 saturated heterocycles. The van der Waals surface area contributed by atoms with Gasteiger partial charge in [0.2, 0.25) is 11.8 Å². The first-order chi connectivity index (χ1) is 14.6. The van der Waals surface area contributed by atoms with Gasteiger partial charge in [-0.2, -0.15) is 0 Å². The molecule has 1 aromatic rings. The molecule has 0 saturated carbocycles. The summed E-state index contributed by atoms with van der Waals surface area (Å²) in [6.45, 7) is 8.58. The Bertz CT molecular complexity index is 888. The number of anilines is 1. The lowest BCUT2D eigenvalue weighted by atomic mass is 10.0. The van der Waals surface area contributed by atoms with Crippen LogP contribution >= 0.6 is 0 Å². The number of aliphatic hydroxyl groups is 1. The molecule has 0 spiro atoms. The van der Waals surface area contributed by atoms with Gasteiger partial charge in [0.25, 0.3) is 0 Å². The number of carbonyl (C=O) groups excluding carboxylic acids is 3. The minimum absolute atomic E-state index is 0.264. The summed E-state index contributed by atoms with van der Waals surface area (Å²) in [5.41, 5.74) is 2.29. The summed E-state index contributed by atoms with van der Waals surface area (Å²) in [6, 6.07) is 5.41. The van der Waals surface area contributed by atoms with Crippen molar-refractivity contribution in [3.05, 3.63) is 29.3 Å². The van der Waals surface area contributed by atoms with E-state index in [1.165, 1.54) is 0 Å². The molecule has 3 heterocycles. The number of amides is 3. The van der Waals surface area contributed by atoms with E-state index in [0.717, 1.165) is 16.8 Å². The summed E-state index contributed by atoms with van der Waals surface area (Å²) in [5, 5.41) is 13.1. The van der Waals surface area contributed by atoms with Gasteiger partial charge in [0.15, 0.2) is 0 Å². The van der Waals surface area contributed by atoms with Gasteiger partial charge in [0.1, 0.15) is 11.8 Å². The van der Waals surface area contributed by atoms with Crippen molar-refractivity contribution in [2.45, 2.75) is 58.0 Å². The second-order valence-electron chi connectivity index (χ2n) is 9.35. The third-order valence-corrected chi connectivity index (χ3v) is 5.98. The topological polar surface area (TPSA) is 102 Å². The fourth-order valence-electron chi connectivity index (χ4n) is 4.39. The van der Waals surface area contributed by atoms with Crippen molar-refractivity contribution in [3.63, 3.8) is 0 Å². The fourth-order valence-corrected chi connectivity index (χ4v) is 4.39. The first-order valence-corrected chi connectivity index (χ1v) is 10.8. The molecule has 0 bridgehead atoms. The Morgan fingerprint density at radius 2 is 1.87 bits per heavy atom. The molecule has 168 valence electrons. The lowest BCUT2D eigenvalue weighted by Crippen LogP contribution is -2.51. The summed E-state index contributed by atoms with van der Waals surface area (Å²) < 4.78 is 5.46. The van der Waals surface area contributed by atoms with E-state index in [4.69, 9.17) is 4.74 Å². The highest BCUT2D eigenvalue weighted by molar-refractivity contribution is 6.00. The predicted octanol–water partition coefficient (Wildman–Crippen LogP) is 1.36. The second kappa shape index (κ2) is 8.12. The second-order valence-corrected chi connectivity index (χ2v) is 9.35. The van der Waals surface area contributed by atoms with Gasteiger partial charge in [0, 0.05) is 50.4 Å². The molecule has 2 unspecified atom stereocenters. The van der Waals surface area contributed by atoms with E-state index in [2.05, 4.69) is 10.2 Å². The van der Waals surface area contributed by atoms with Crippen LogP contribution in [0.4, 0.5) is 10.5 Å². The Balaban J connectivity index is 1.40. The molecule has 0 aliphatic carbocycles. The van der Waals surface area contributed by atoms with Gasteiger partial charge in [-0.25, -0.2) is 4.79 Å². The van der Waals surface area contributed by atoms with Crippen molar-refractivity contribution >= 4 is 23.6 Å². The number of piperidine rings is 1. The number of ether oxygens (including phenoxy) is 1. The summed E-state index contributed by atoms with van der Waals surface area (Å²) in [5.74, 6) is -0.609. The minimum atomic E-state index is -0.864. The van der Waals surface area contributed by atoms with E-state index in [-0.39, 0.29) is 24.3 Å². The number of hydrogen-bond donors (Lipinski definition) is 2. The number of benzene rings is 1. The van der Waals surface area contributed by atoms with Crippen molar-refractivity contribution in [2.24, 2.45) is 0 Å². The Hall–Kier alpha value is -2.65. The van der Waals surface area contributed by atoms with E-state index in [9.17, 15) is 19.5 Å². The summed E-state index contributed by atoms with van der Waals surface area (Å²) in [6.07, 6.45) is -0.459. The van der Waals surface area contributed by atoms with Crippen LogP contribution in [0.1, 0.15) is 51.0 Å². The van der Waals surface area contributed by atoms with E-state index >= 15 is 0 Å². The van der Waals surface area contributed by atoms with Gasteiger partial charge in [0.05, 0.1) is 6.04 Å². The Morgan fingerprint density at radius 1 is 1.16 bits per heavy atom. The largest absolute Gasteiger partial charge is 0.444 e. The van der Waals surface area contributed by atoms with E-state index in [0.29, 0.717) is 39.1 Å². The third-order valence-electron chi connectivity index (χ3n) is 5.98. The maximum atomic E-state index is 12.3. The number of carbonyl (C=O) groups is 3. The van der Waals surface area contributed by atoms with E-state index in [1.54, 1.807) is 9.80 Å². The Labute approximate surface area is 181 Å². The van der Waals surface area contributed by atoms with Gasteiger partial charge < -0.3 is 19.6 Å². The van der Waals surface area contributed by atoms with Crippen LogP contribution in [-0.4, -0.2) is 70.6 Å². The predicted molar refractivity (Wildman–Crippen MR) is 113 cm³/mol. The number of hydrogen-bond acceptors (Lipinski definition) is 7. The average Bonchev–Trinajstić information content (AvgIpc) is 3.02. The number of piperazine rings is 1. The van der Waals surface area contributed by atoms with Crippen molar-refractivity contribution in [1.29, 1.82) is 0 Å². The Kier molecular flexibility index (Phi) is 5.65. The SMILES string of the molecule is CC(C)(C)OC(=O)N1CCN(c2ccc3c(c2)CN(C2CCC(=O)NC2=O)C3O)CC1. The summed E-state index contributed by atoms with van der Waals surface area (Å²) >= 11 is 0. The lowest BCUT2D eigenvalue weighted by molar-refractivity contribution is -0.141. The molecule has 2 N–H and O–H groups in total. The third kappa shape index (κ3) is 4.52.